The van der Waals surface area contributed by atoms with Crippen LogP contribution in [0.3, 0.4) is 0 Å². The molecule has 2 saturated heterocycles. The van der Waals surface area contributed by atoms with Crippen LogP contribution in [0.4, 0.5) is 10.5 Å². The molecule has 2 N–H and O–H groups in total. The highest BCUT2D eigenvalue weighted by Crippen LogP contribution is 2.21. The number of pyridine rings is 1. The fourth-order valence-electron chi connectivity index (χ4n) is 3.22. The Balaban J connectivity index is 1.35. The molecule has 8 heteroatoms. The topological polar surface area (TPSA) is 86.0 Å². The maximum Gasteiger partial charge on any atom is 0.321 e. The summed E-state index contributed by atoms with van der Waals surface area (Å²) in [6.07, 6.45) is 2.39. The molecule has 2 aromatic rings. The van der Waals surface area contributed by atoms with Crippen molar-refractivity contribution < 1.29 is 9.90 Å². The van der Waals surface area contributed by atoms with Gasteiger partial charge in [-0.15, -0.1) is 0 Å². The summed E-state index contributed by atoms with van der Waals surface area (Å²) in [4.78, 5) is 20.6. The molecule has 0 spiro atoms. The molecule has 1 atom stereocenters. The average molecular weight is 316 g/mol. The average Bonchev–Trinajstić information content (AvgIpc) is 3.02. The number of aliphatic hydroxyl groups excluding tert-OH is 1. The van der Waals surface area contributed by atoms with Gasteiger partial charge in [0.15, 0.2) is 5.65 Å². The number of carbonyl (C=O) groups is 1. The number of carbonyl (C=O) groups excluding carboxylic acids is 1. The second-order valence-electron chi connectivity index (χ2n) is 6.31. The third kappa shape index (κ3) is 2.75. The van der Waals surface area contributed by atoms with Crippen molar-refractivity contribution in [2.75, 3.05) is 31.5 Å². The fraction of sp³-hybridized carbons (Fsp3) is 0.533. The number of nitrogens with zero attached hydrogens (tertiary/aromatic N) is 5. The van der Waals surface area contributed by atoms with E-state index in [0.29, 0.717) is 30.6 Å². The highest BCUT2D eigenvalue weighted by Gasteiger charge is 2.37. The van der Waals surface area contributed by atoms with E-state index in [1.54, 1.807) is 15.6 Å². The molecule has 0 aromatic carbocycles. The van der Waals surface area contributed by atoms with E-state index in [1.807, 2.05) is 19.1 Å². The number of rotatable bonds is 2. The molecule has 2 aliphatic rings. The highest BCUT2D eigenvalue weighted by atomic mass is 16.3. The molecule has 0 aliphatic carbocycles. The zero-order valence-electron chi connectivity index (χ0n) is 13.0. The molecule has 23 heavy (non-hydrogen) atoms. The number of fused-ring (bicyclic) bond motifs is 1. The summed E-state index contributed by atoms with van der Waals surface area (Å²) in [7, 11) is 0. The molecule has 0 unspecified atom stereocenters. The number of likely N-dealkylation sites (tertiary alicyclic amines) is 2. The van der Waals surface area contributed by atoms with Gasteiger partial charge in [-0.2, -0.15) is 5.10 Å². The minimum Gasteiger partial charge on any atom is -0.392 e. The molecule has 2 amide bonds. The first kappa shape index (κ1) is 14.4. The molecule has 0 saturated carbocycles. The number of aryl methyl sites for hydroxylation is 1. The fourth-order valence-corrected chi connectivity index (χ4v) is 3.22. The van der Waals surface area contributed by atoms with Crippen LogP contribution in [-0.2, 0) is 0 Å². The number of anilines is 1. The van der Waals surface area contributed by atoms with Crippen molar-refractivity contribution in [3.05, 3.63) is 24.2 Å². The third-order valence-electron chi connectivity index (χ3n) is 4.55. The Morgan fingerprint density at radius 3 is 2.91 bits per heavy atom. The van der Waals surface area contributed by atoms with E-state index in [0.717, 1.165) is 25.2 Å². The van der Waals surface area contributed by atoms with E-state index in [-0.39, 0.29) is 12.1 Å². The second-order valence-corrected chi connectivity index (χ2v) is 6.31. The standard InChI is InChI=1S/C15H20N6O2/c1-10-16-14-3-2-11(6-21(14)18-10)17-15(23)20-7-12(8-20)19-5-4-13(22)9-19/h2-3,6,12-13,22H,4-5,7-9H2,1H3,(H,17,23)/t13-/m1/s1. The Bertz CT molecular complexity index is 739. The molecule has 2 fully saturated rings. The number of β-amino-alcohol motifs (C(OH)–C–C–N with tert-alkyl or cyclic N) is 1. The zero-order chi connectivity index (χ0) is 16.0. The second kappa shape index (κ2) is 5.47. The Morgan fingerprint density at radius 2 is 2.17 bits per heavy atom. The van der Waals surface area contributed by atoms with E-state index >= 15 is 0 Å². The van der Waals surface area contributed by atoms with Gasteiger partial charge in [-0.3, -0.25) is 4.90 Å². The van der Waals surface area contributed by atoms with Crippen molar-refractivity contribution in [3.63, 3.8) is 0 Å². The molecular formula is C15H20N6O2. The van der Waals surface area contributed by atoms with Gasteiger partial charge in [-0.25, -0.2) is 14.3 Å². The molecular weight excluding hydrogens is 296 g/mol. The first-order valence-electron chi connectivity index (χ1n) is 7.89. The van der Waals surface area contributed by atoms with Gasteiger partial charge in [0.25, 0.3) is 0 Å². The third-order valence-corrected chi connectivity index (χ3v) is 4.55. The van der Waals surface area contributed by atoms with Crippen molar-refractivity contribution in [2.24, 2.45) is 0 Å². The van der Waals surface area contributed by atoms with Crippen LogP contribution in [0.25, 0.3) is 5.65 Å². The summed E-state index contributed by atoms with van der Waals surface area (Å²) in [6, 6.07) is 3.94. The number of aromatic nitrogens is 3. The van der Waals surface area contributed by atoms with Gasteiger partial charge in [0, 0.05) is 32.2 Å². The maximum absolute atomic E-state index is 12.3. The van der Waals surface area contributed by atoms with E-state index in [9.17, 15) is 9.90 Å². The molecule has 2 aromatic heterocycles. The normalized spacial score (nSPS) is 22.5. The Morgan fingerprint density at radius 1 is 1.35 bits per heavy atom. The first-order valence-corrected chi connectivity index (χ1v) is 7.89. The van der Waals surface area contributed by atoms with Crippen LogP contribution in [-0.4, -0.2) is 73.9 Å². The van der Waals surface area contributed by atoms with Crippen molar-refractivity contribution in [3.8, 4) is 0 Å². The lowest BCUT2D eigenvalue weighted by molar-refractivity contribution is 0.0669. The summed E-state index contributed by atoms with van der Waals surface area (Å²) >= 11 is 0. The Hall–Kier alpha value is -2.19. The van der Waals surface area contributed by atoms with Gasteiger partial charge >= 0.3 is 6.03 Å². The highest BCUT2D eigenvalue weighted by molar-refractivity contribution is 5.89. The van der Waals surface area contributed by atoms with Crippen molar-refractivity contribution in [1.82, 2.24) is 24.4 Å². The zero-order valence-corrected chi connectivity index (χ0v) is 13.0. The minimum atomic E-state index is -0.212. The number of aliphatic hydroxyl groups is 1. The lowest BCUT2D eigenvalue weighted by Crippen LogP contribution is -2.61. The summed E-state index contributed by atoms with van der Waals surface area (Å²) < 4.78 is 1.66. The molecule has 2 aliphatic heterocycles. The molecule has 4 rings (SSSR count). The van der Waals surface area contributed by atoms with Crippen LogP contribution in [0.15, 0.2) is 18.3 Å². The maximum atomic E-state index is 12.3. The van der Waals surface area contributed by atoms with Crippen molar-refractivity contribution >= 4 is 17.4 Å². The summed E-state index contributed by atoms with van der Waals surface area (Å²) in [6.45, 7) is 4.90. The minimum absolute atomic E-state index is 0.0998. The number of urea groups is 1. The summed E-state index contributed by atoms with van der Waals surface area (Å²) in [5, 5.41) is 16.7. The smallest absolute Gasteiger partial charge is 0.321 e. The molecule has 8 nitrogen and oxygen atoms in total. The van der Waals surface area contributed by atoms with Crippen LogP contribution in [0, 0.1) is 6.92 Å². The molecule has 122 valence electrons. The van der Waals surface area contributed by atoms with Crippen molar-refractivity contribution in [2.45, 2.75) is 25.5 Å². The van der Waals surface area contributed by atoms with Gasteiger partial charge in [0.1, 0.15) is 5.82 Å². The van der Waals surface area contributed by atoms with Crippen molar-refractivity contribution in [1.29, 1.82) is 0 Å². The Kier molecular flexibility index (Phi) is 3.42. The van der Waals surface area contributed by atoms with E-state index in [2.05, 4.69) is 20.3 Å². The Labute approximate surface area is 133 Å². The monoisotopic (exact) mass is 316 g/mol. The lowest BCUT2D eigenvalue weighted by atomic mass is 10.1. The van der Waals surface area contributed by atoms with Crippen LogP contribution >= 0.6 is 0 Å². The number of nitrogens with one attached hydrogen (secondary N) is 1. The molecule has 0 bridgehead atoms. The van der Waals surface area contributed by atoms with Gasteiger partial charge < -0.3 is 15.3 Å². The van der Waals surface area contributed by atoms with Gasteiger partial charge in [-0.05, 0) is 25.5 Å². The summed E-state index contributed by atoms with van der Waals surface area (Å²) in [5.41, 5.74) is 1.46. The molecule has 0 radical (unpaired) electrons. The SMILES string of the molecule is Cc1nc2ccc(NC(=O)N3CC(N4CC[C@@H](O)C4)C3)cn2n1. The number of amides is 2. The van der Waals surface area contributed by atoms with Gasteiger partial charge in [0.05, 0.1) is 18.0 Å². The summed E-state index contributed by atoms with van der Waals surface area (Å²) in [5.74, 6) is 0.701. The predicted molar refractivity (Wildman–Crippen MR) is 84.3 cm³/mol. The van der Waals surface area contributed by atoms with E-state index < -0.39 is 0 Å². The largest absolute Gasteiger partial charge is 0.392 e. The number of hydrogen-bond acceptors (Lipinski definition) is 5. The quantitative estimate of drug-likeness (QED) is 0.833. The van der Waals surface area contributed by atoms with Crippen LogP contribution in [0.2, 0.25) is 0 Å². The van der Waals surface area contributed by atoms with Gasteiger partial charge in [0.2, 0.25) is 0 Å². The lowest BCUT2D eigenvalue weighted by Gasteiger charge is -2.43. The number of hydrogen-bond donors (Lipinski definition) is 2. The van der Waals surface area contributed by atoms with Crippen LogP contribution < -0.4 is 5.32 Å². The van der Waals surface area contributed by atoms with Crippen LogP contribution in [0.5, 0.6) is 0 Å². The molecule has 4 heterocycles. The van der Waals surface area contributed by atoms with Gasteiger partial charge in [-0.1, -0.05) is 0 Å². The van der Waals surface area contributed by atoms with E-state index in [4.69, 9.17) is 0 Å². The predicted octanol–water partition coefficient (Wildman–Crippen LogP) is 0.320. The van der Waals surface area contributed by atoms with Crippen LogP contribution in [0.1, 0.15) is 12.2 Å². The first-order chi connectivity index (χ1) is 11.1. The van der Waals surface area contributed by atoms with E-state index in [1.165, 1.54) is 0 Å².